The molecular weight excluding hydrogens is 376 g/mol. The van der Waals surface area contributed by atoms with Crippen LogP contribution in [-0.4, -0.2) is 35.7 Å². The van der Waals surface area contributed by atoms with Crippen molar-refractivity contribution in [3.8, 4) is 0 Å². The van der Waals surface area contributed by atoms with E-state index in [1.165, 1.54) is 38.3 Å². The van der Waals surface area contributed by atoms with Gasteiger partial charge in [0.2, 0.25) is 11.7 Å². The lowest BCUT2D eigenvalue weighted by molar-refractivity contribution is -0.149. The van der Waals surface area contributed by atoms with Gasteiger partial charge in [0.1, 0.15) is 6.04 Å². The number of hydrogen-bond donors (Lipinski definition) is 2. The van der Waals surface area contributed by atoms with Crippen LogP contribution in [0.25, 0.3) is 0 Å². The minimum Gasteiger partial charge on any atom is -0.459 e. The maximum Gasteiger partial charge on any atom is 0.329 e. The van der Waals surface area contributed by atoms with Gasteiger partial charge in [-0.05, 0) is 49.2 Å². The number of ether oxygens (including phenoxy) is 1. The second-order valence-corrected chi connectivity index (χ2v) is 6.87. The van der Waals surface area contributed by atoms with Crippen LogP contribution in [0.5, 0.6) is 0 Å². The quantitative estimate of drug-likeness (QED) is 0.520. The zero-order valence-electron chi connectivity index (χ0n) is 16.7. The summed E-state index contributed by atoms with van der Waals surface area (Å²) >= 11 is 0. The number of nitrogens with one attached hydrogen (secondary N) is 2. The van der Waals surface area contributed by atoms with Gasteiger partial charge in [-0.1, -0.05) is 13.8 Å². The van der Waals surface area contributed by atoms with Gasteiger partial charge in [-0.25, -0.2) is 4.79 Å². The fraction of sp³-hybridized carbons (Fsp3) is 0.333. The highest BCUT2D eigenvalue weighted by Gasteiger charge is 2.30. The van der Waals surface area contributed by atoms with Gasteiger partial charge < -0.3 is 19.8 Å². The van der Waals surface area contributed by atoms with Gasteiger partial charge in [-0.2, -0.15) is 0 Å². The van der Waals surface area contributed by atoms with Crippen molar-refractivity contribution in [3.63, 3.8) is 0 Å². The van der Waals surface area contributed by atoms with Gasteiger partial charge in [-0.15, -0.1) is 0 Å². The number of esters is 1. The van der Waals surface area contributed by atoms with Gasteiger partial charge in [0.05, 0.1) is 6.26 Å². The summed E-state index contributed by atoms with van der Waals surface area (Å²) in [7, 11) is 0. The molecule has 2 atom stereocenters. The number of Topliss-reactive ketones (excluding diaryl/α,β-unsaturated/α-hetero) is 1. The van der Waals surface area contributed by atoms with Gasteiger partial charge in [0.25, 0.3) is 5.91 Å². The molecular formula is C21H24N2O6. The van der Waals surface area contributed by atoms with Crippen LogP contribution in [0.3, 0.4) is 0 Å². The van der Waals surface area contributed by atoms with E-state index in [0.29, 0.717) is 11.3 Å². The van der Waals surface area contributed by atoms with E-state index < -0.39 is 29.8 Å². The molecule has 2 N–H and O–H groups in total. The highest BCUT2D eigenvalue weighted by atomic mass is 16.5. The first kappa shape index (κ1) is 21.9. The lowest BCUT2D eigenvalue weighted by atomic mass is 10.0. The van der Waals surface area contributed by atoms with Gasteiger partial charge in [0.15, 0.2) is 11.9 Å². The van der Waals surface area contributed by atoms with Crippen LogP contribution in [0.4, 0.5) is 5.69 Å². The van der Waals surface area contributed by atoms with Crippen LogP contribution >= 0.6 is 0 Å². The maximum atomic E-state index is 12.5. The first-order valence-corrected chi connectivity index (χ1v) is 9.15. The Bertz CT molecular complexity index is 871. The molecule has 0 saturated heterocycles. The molecule has 1 aromatic heterocycles. The summed E-state index contributed by atoms with van der Waals surface area (Å²) in [5, 5.41) is 5.18. The maximum absolute atomic E-state index is 12.5. The Morgan fingerprint density at radius 3 is 2.17 bits per heavy atom. The van der Waals surface area contributed by atoms with E-state index in [1.807, 2.05) is 0 Å². The Labute approximate surface area is 168 Å². The van der Waals surface area contributed by atoms with E-state index in [2.05, 4.69) is 10.6 Å². The average molecular weight is 400 g/mol. The standard InChI is InChI=1S/C21H24N2O6/c1-12(2)18(23-20(26)17-6-5-11-28-17)21(27)29-13(3)19(25)15-7-9-16(10-8-15)22-14(4)24/h5-13,18H,1-4H3,(H,22,24)(H,23,26)/t13-,18-/m0/s1. The molecule has 154 valence electrons. The molecule has 0 aliphatic heterocycles. The van der Waals surface area contributed by atoms with E-state index in [-0.39, 0.29) is 17.6 Å². The topological polar surface area (TPSA) is 115 Å². The molecule has 0 radical (unpaired) electrons. The Hall–Kier alpha value is -3.42. The molecule has 0 aliphatic rings. The highest BCUT2D eigenvalue weighted by Crippen LogP contribution is 2.14. The van der Waals surface area contributed by atoms with Crippen molar-refractivity contribution in [1.82, 2.24) is 5.32 Å². The molecule has 0 spiro atoms. The summed E-state index contributed by atoms with van der Waals surface area (Å²) in [6.07, 6.45) is 0.311. The molecule has 0 bridgehead atoms. The Morgan fingerprint density at radius 1 is 1.00 bits per heavy atom. The minimum atomic E-state index is -1.05. The zero-order chi connectivity index (χ0) is 21.6. The largest absolute Gasteiger partial charge is 0.459 e. The van der Waals surface area contributed by atoms with E-state index in [4.69, 9.17) is 9.15 Å². The minimum absolute atomic E-state index is 0.0758. The van der Waals surface area contributed by atoms with E-state index in [0.717, 1.165) is 0 Å². The molecule has 0 aliphatic carbocycles. The molecule has 8 heteroatoms. The average Bonchev–Trinajstić information content (AvgIpc) is 3.20. The molecule has 8 nitrogen and oxygen atoms in total. The predicted octanol–water partition coefficient (Wildman–Crippen LogP) is 2.81. The van der Waals surface area contributed by atoms with Crippen LogP contribution in [0.15, 0.2) is 47.1 Å². The first-order chi connectivity index (χ1) is 13.7. The van der Waals surface area contributed by atoms with Gasteiger partial charge >= 0.3 is 5.97 Å². The summed E-state index contributed by atoms with van der Waals surface area (Å²) in [4.78, 5) is 48.3. The SMILES string of the molecule is CC(=O)Nc1ccc(C(=O)[C@H](C)OC(=O)[C@@H](NC(=O)c2ccco2)C(C)C)cc1. The number of hydrogen-bond acceptors (Lipinski definition) is 6. The Kier molecular flexibility index (Phi) is 7.30. The second-order valence-electron chi connectivity index (χ2n) is 6.87. The number of carbonyl (C=O) groups is 4. The molecule has 0 unspecified atom stereocenters. The van der Waals surface area contributed by atoms with Crippen molar-refractivity contribution in [2.45, 2.75) is 39.8 Å². The van der Waals surface area contributed by atoms with Crippen LogP contribution in [0.1, 0.15) is 48.6 Å². The van der Waals surface area contributed by atoms with Crippen molar-refractivity contribution in [3.05, 3.63) is 54.0 Å². The van der Waals surface area contributed by atoms with E-state index >= 15 is 0 Å². The molecule has 2 amide bonds. The summed E-state index contributed by atoms with van der Waals surface area (Å²) < 4.78 is 10.3. The fourth-order valence-electron chi connectivity index (χ4n) is 2.57. The molecule has 1 heterocycles. The van der Waals surface area contributed by atoms with Gasteiger partial charge in [-0.3, -0.25) is 14.4 Å². The van der Waals surface area contributed by atoms with Crippen LogP contribution in [-0.2, 0) is 14.3 Å². The molecule has 0 saturated carbocycles. The highest BCUT2D eigenvalue weighted by molar-refractivity contribution is 6.01. The van der Waals surface area contributed by atoms with E-state index in [9.17, 15) is 19.2 Å². The molecule has 2 rings (SSSR count). The monoisotopic (exact) mass is 400 g/mol. The first-order valence-electron chi connectivity index (χ1n) is 9.15. The summed E-state index contributed by atoms with van der Waals surface area (Å²) in [6, 6.07) is 8.36. The number of ketones is 1. The smallest absolute Gasteiger partial charge is 0.329 e. The lowest BCUT2D eigenvalue weighted by Gasteiger charge is -2.22. The van der Waals surface area contributed by atoms with Crippen molar-refractivity contribution in [2.24, 2.45) is 5.92 Å². The third-order valence-electron chi connectivity index (χ3n) is 4.10. The number of amides is 2. The molecule has 1 aromatic carbocycles. The number of furan rings is 1. The normalized spacial score (nSPS) is 12.7. The molecule has 29 heavy (non-hydrogen) atoms. The Morgan fingerprint density at radius 2 is 1.66 bits per heavy atom. The summed E-state index contributed by atoms with van der Waals surface area (Å²) in [6.45, 7) is 6.35. The number of benzene rings is 1. The predicted molar refractivity (Wildman–Crippen MR) is 105 cm³/mol. The molecule has 2 aromatic rings. The number of carbonyl (C=O) groups excluding carboxylic acids is 4. The van der Waals surface area contributed by atoms with E-state index in [1.54, 1.807) is 32.0 Å². The van der Waals surface area contributed by atoms with Crippen LogP contribution in [0, 0.1) is 5.92 Å². The van der Waals surface area contributed by atoms with Crippen LogP contribution in [0.2, 0.25) is 0 Å². The zero-order valence-corrected chi connectivity index (χ0v) is 16.7. The summed E-state index contributed by atoms with van der Waals surface area (Å²) in [5.41, 5.74) is 0.888. The van der Waals surface area contributed by atoms with Crippen molar-refractivity contribution in [1.29, 1.82) is 0 Å². The third-order valence-corrected chi connectivity index (χ3v) is 4.10. The van der Waals surface area contributed by atoms with Gasteiger partial charge in [0, 0.05) is 18.2 Å². The number of anilines is 1. The number of rotatable bonds is 8. The van der Waals surface area contributed by atoms with Crippen LogP contribution < -0.4 is 10.6 Å². The fourth-order valence-corrected chi connectivity index (χ4v) is 2.57. The third kappa shape index (κ3) is 6.03. The van der Waals surface area contributed by atoms with Crippen molar-refractivity contribution < 1.29 is 28.3 Å². The summed E-state index contributed by atoms with van der Waals surface area (Å²) in [5.74, 6) is -2.06. The van der Waals surface area contributed by atoms with Crippen molar-refractivity contribution in [2.75, 3.05) is 5.32 Å². The Balaban J connectivity index is 2.01. The van der Waals surface area contributed by atoms with Crippen molar-refractivity contribution >= 4 is 29.3 Å². The lowest BCUT2D eigenvalue weighted by Crippen LogP contribution is -2.46. The molecule has 0 fully saturated rings. The second kappa shape index (κ2) is 9.68.